The topological polar surface area (TPSA) is 20.2 Å². The molecule has 0 saturated heterocycles. The van der Waals surface area contributed by atoms with E-state index in [0.717, 1.165) is 30.1 Å². The highest BCUT2D eigenvalue weighted by atomic mass is 16.3. The van der Waals surface area contributed by atoms with Gasteiger partial charge in [0.15, 0.2) is 0 Å². The van der Waals surface area contributed by atoms with Crippen molar-refractivity contribution in [3.8, 4) is 0 Å². The first-order valence-corrected chi connectivity index (χ1v) is 9.00. The zero-order valence-corrected chi connectivity index (χ0v) is 13.6. The van der Waals surface area contributed by atoms with Crippen molar-refractivity contribution in [1.29, 1.82) is 0 Å². The van der Waals surface area contributed by atoms with Crippen LogP contribution in [0.5, 0.6) is 0 Å². The largest absolute Gasteiger partial charge is 0.393 e. The van der Waals surface area contributed by atoms with E-state index in [9.17, 15) is 5.11 Å². The molecule has 0 heterocycles. The molecule has 4 rings (SSSR count). The Labute approximate surface area is 129 Å². The number of rotatable bonds is 0. The second kappa shape index (κ2) is 4.47. The molecule has 0 aromatic rings. The predicted octanol–water partition coefficient (Wildman–Crippen LogP) is 4.72. The van der Waals surface area contributed by atoms with Gasteiger partial charge in [-0.2, -0.15) is 0 Å². The van der Waals surface area contributed by atoms with Gasteiger partial charge in [0.05, 0.1) is 6.10 Å². The molecule has 4 aliphatic carbocycles. The summed E-state index contributed by atoms with van der Waals surface area (Å²) < 4.78 is 0. The van der Waals surface area contributed by atoms with Crippen LogP contribution in [0.4, 0.5) is 0 Å². The summed E-state index contributed by atoms with van der Waals surface area (Å²) in [6, 6.07) is 0. The highest BCUT2D eigenvalue weighted by Crippen LogP contribution is 2.65. The monoisotopic (exact) mass is 286 g/mol. The molecular formula is C20H30O. The minimum Gasteiger partial charge on any atom is -0.393 e. The second-order valence-corrected chi connectivity index (χ2v) is 8.85. The molecule has 0 amide bonds. The van der Waals surface area contributed by atoms with Gasteiger partial charge in [-0.3, -0.25) is 0 Å². The van der Waals surface area contributed by atoms with E-state index in [1.165, 1.54) is 44.1 Å². The van der Waals surface area contributed by atoms with Gasteiger partial charge in [0.1, 0.15) is 0 Å². The molecule has 0 aliphatic heterocycles. The Morgan fingerprint density at radius 3 is 2.71 bits per heavy atom. The van der Waals surface area contributed by atoms with Gasteiger partial charge in [0.25, 0.3) is 0 Å². The molecule has 116 valence electrons. The van der Waals surface area contributed by atoms with Gasteiger partial charge in [0, 0.05) is 0 Å². The fraction of sp³-hybridized carbons (Fsp3) is 0.800. The van der Waals surface area contributed by atoms with E-state index in [1.807, 2.05) is 0 Å². The van der Waals surface area contributed by atoms with Gasteiger partial charge in [-0.15, -0.1) is 0 Å². The lowest BCUT2D eigenvalue weighted by Gasteiger charge is -2.58. The van der Waals surface area contributed by atoms with E-state index in [1.54, 1.807) is 0 Å². The van der Waals surface area contributed by atoms with Crippen LogP contribution in [0, 0.1) is 34.5 Å². The van der Waals surface area contributed by atoms with Crippen molar-refractivity contribution in [2.45, 2.75) is 64.9 Å². The van der Waals surface area contributed by atoms with E-state index in [2.05, 4.69) is 32.6 Å². The van der Waals surface area contributed by atoms with E-state index in [-0.39, 0.29) is 11.5 Å². The first kappa shape index (κ1) is 14.1. The van der Waals surface area contributed by atoms with Gasteiger partial charge >= 0.3 is 0 Å². The van der Waals surface area contributed by atoms with Gasteiger partial charge in [-0.25, -0.2) is 0 Å². The molecule has 0 spiro atoms. The summed E-state index contributed by atoms with van der Waals surface area (Å²) >= 11 is 0. The third-order valence-electron chi connectivity index (χ3n) is 8.10. The van der Waals surface area contributed by atoms with Gasteiger partial charge in [-0.05, 0) is 79.4 Å². The van der Waals surface area contributed by atoms with Crippen LogP contribution in [0.3, 0.4) is 0 Å². The van der Waals surface area contributed by atoms with E-state index in [4.69, 9.17) is 0 Å². The van der Waals surface area contributed by atoms with Crippen molar-refractivity contribution in [3.63, 3.8) is 0 Å². The van der Waals surface area contributed by atoms with Gasteiger partial charge in [-0.1, -0.05) is 38.2 Å². The summed E-state index contributed by atoms with van der Waals surface area (Å²) in [6.07, 6.45) is 13.6. The van der Waals surface area contributed by atoms with Crippen molar-refractivity contribution >= 4 is 0 Å². The van der Waals surface area contributed by atoms with Crippen LogP contribution < -0.4 is 0 Å². The number of aliphatic hydroxyl groups is 1. The lowest BCUT2D eigenvalue weighted by atomic mass is 9.46. The fourth-order valence-corrected chi connectivity index (χ4v) is 6.71. The summed E-state index contributed by atoms with van der Waals surface area (Å²) in [7, 11) is 0. The molecule has 4 aliphatic rings. The quantitative estimate of drug-likeness (QED) is 0.683. The minimum absolute atomic E-state index is 0.0457. The smallest absolute Gasteiger partial charge is 0.0596 e. The summed E-state index contributed by atoms with van der Waals surface area (Å²) in [6.45, 7) is 9.09. The molecule has 0 aromatic carbocycles. The Morgan fingerprint density at radius 1 is 1.10 bits per heavy atom. The first-order valence-electron chi connectivity index (χ1n) is 9.00. The first-order chi connectivity index (χ1) is 9.95. The van der Waals surface area contributed by atoms with Gasteiger partial charge < -0.3 is 5.11 Å². The summed E-state index contributed by atoms with van der Waals surface area (Å²) in [5.74, 6) is 3.26. The second-order valence-electron chi connectivity index (χ2n) is 8.85. The number of allylic oxidation sites excluding steroid dienone is 3. The van der Waals surface area contributed by atoms with Crippen molar-refractivity contribution in [1.82, 2.24) is 0 Å². The number of fused-ring (bicyclic) bond motifs is 5. The Kier molecular flexibility index (Phi) is 2.99. The van der Waals surface area contributed by atoms with E-state index < -0.39 is 0 Å². The molecule has 1 heteroatoms. The Hall–Kier alpha value is -0.560. The number of hydrogen-bond donors (Lipinski definition) is 1. The molecule has 1 nitrogen and oxygen atoms in total. The summed E-state index contributed by atoms with van der Waals surface area (Å²) in [5, 5.41) is 10.5. The molecule has 0 unspecified atom stereocenters. The number of aliphatic hydroxyl groups excluding tert-OH is 1. The van der Waals surface area contributed by atoms with E-state index >= 15 is 0 Å². The van der Waals surface area contributed by atoms with Crippen LogP contribution in [0.2, 0.25) is 0 Å². The Bertz CT molecular complexity index is 492. The normalized spacial score (nSPS) is 55.8. The lowest BCUT2D eigenvalue weighted by molar-refractivity contribution is -0.0926. The van der Waals surface area contributed by atoms with Crippen LogP contribution in [0.15, 0.2) is 24.3 Å². The Morgan fingerprint density at radius 2 is 1.90 bits per heavy atom. The van der Waals surface area contributed by atoms with Crippen LogP contribution in [-0.4, -0.2) is 11.2 Å². The molecule has 3 fully saturated rings. The highest BCUT2D eigenvalue weighted by Gasteiger charge is 2.59. The molecule has 7 atom stereocenters. The third-order valence-corrected chi connectivity index (χ3v) is 8.10. The maximum absolute atomic E-state index is 10.5. The maximum atomic E-state index is 10.5. The zero-order chi connectivity index (χ0) is 14.8. The third kappa shape index (κ3) is 1.79. The van der Waals surface area contributed by atoms with Gasteiger partial charge in [0.2, 0.25) is 0 Å². The number of hydrogen-bond acceptors (Lipinski definition) is 1. The molecular weight excluding hydrogens is 256 g/mol. The molecule has 1 N–H and O–H groups in total. The minimum atomic E-state index is -0.0457. The summed E-state index contributed by atoms with van der Waals surface area (Å²) in [4.78, 5) is 0. The Balaban J connectivity index is 1.68. The summed E-state index contributed by atoms with van der Waals surface area (Å²) in [5.41, 5.74) is 1.93. The maximum Gasteiger partial charge on any atom is 0.0596 e. The van der Waals surface area contributed by atoms with Crippen LogP contribution in [0.25, 0.3) is 0 Å². The van der Waals surface area contributed by atoms with Crippen molar-refractivity contribution in [2.24, 2.45) is 34.5 Å². The standard InChI is InChI=1S/C20H30O/c1-13-8-10-19(2)14(12-13)4-5-15-16-6-7-18(21)20(16,3)11-9-17(15)19/h8,10,14-18,21H,1,4-7,9,11-12H2,2-3H3/t14-,15-,16-,17-,18-,19-,20-/m0/s1. The molecule has 3 saturated carbocycles. The molecule has 0 radical (unpaired) electrons. The van der Waals surface area contributed by atoms with Crippen LogP contribution in [0.1, 0.15) is 58.8 Å². The molecule has 21 heavy (non-hydrogen) atoms. The van der Waals surface area contributed by atoms with Crippen molar-refractivity contribution < 1.29 is 5.11 Å². The van der Waals surface area contributed by atoms with E-state index in [0.29, 0.717) is 5.41 Å². The average Bonchev–Trinajstić information content (AvgIpc) is 2.76. The fourth-order valence-electron chi connectivity index (χ4n) is 6.71. The SMILES string of the molecule is C=C1C=C[C@@]2(C)[C@@H](CC[C@@H]3[C@@H]2CC[C@]2(C)[C@@H](O)CC[C@@H]32)C1. The predicted molar refractivity (Wildman–Crippen MR) is 86.8 cm³/mol. The lowest BCUT2D eigenvalue weighted by Crippen LogP contribution is -2.52. The molecule has 0 aromatic heterocycles. The van der Waals surface area contributed by atoms with Crippen molar-refractivity contribution in [3.05, 3.63) is 24.3 Å². The zero-order valence-electron chi connectivity index (χ0n) is 13.6. The molecule has 0 bridgehead atoms. The average molecular weight is 286 g/mol. The highest BCUT2D eigenvalue weighted by molar-refractivity contribution is 5.26. The van der Waals surface area contributed by atoms with Crippen LogP contribution >= 0.6 is 0 Å². The van der Waals surface area contributed by atoms with Crippen molar-refractivity contribution in [2.75, 3.05) is 0 Å². The van der Waals surface area contributed by atoms with Crippen LogP contribution in [-0.2, 0) is 0 Å².